The molecular formula is C12H15ClF3NO. The van der Waals surface area contributed by atoms with Crippen LogP contribution >= 0.6 is 11.6 Å². The van der Waals surface area contributed by atoms with E-state index in [0.29, 0.717) is 18.1 Å². The van der Waals surface area contributed by atoms with Gasteiger partial charge in [-0.2, -0.15) is 13.2 Å². The smallest absolute Gasteiger partial charge is 0.371 e. The molecule has 0 fully saturated rings. The molecule has 18 heavy (non-hydrogen) atoms. The summed E-state index contributed by atoms with van der Waals surface area (Å²) in [5, 5.41) is 3.62. The third-order valence-electron chi connectivity index (χ3n) is 2.21. The first kappa shape index (κ1) is 15.3. The van der Waals surface area contributed by atoms with E-state index in [4.69, 9.17) is 11.6 Å². The summed E-state index contributed by atoms with van der Waals surface area (Å²) in [6.45, 7) is 1.60. The van der Waals surface area contributed by atoms with Crippen LogP contribution in [-0.2, 0) is 11.3 Å². The molecule has 102 valence electrons. The van der Waals surface area contributed by atoms with Crippen molar-refractivity contribution in [3.8, 4) is 0 Å². The van der Waals surface area contributed by atoms with Gasteiger partial charge >= 0.3 is 6.18 Å². The van der Waals surface area contributed by atoms with E-state index >= 15 is 0 Å². The first-order chi connectivity index (χ1) is 8.38. The van der Waals surface area contributed by atoms with Crippen LogP contribution in [0.1, 0.15) is 11.1 Å². The maximum Gasteiger partial charge on any atom is 0.411 e. The number of hydrogen-bond donors (Lipinski definition) is 1. The van der Waals surface area contributed by atoms with Crippen molar-refractivity contribution in [2.45, 2.75) is 19.6 Å². The lowest BCUT2D eigenvalue weighted by Crippen LogP contribution is -2.23. The number of aryl methyl sites for hydroxylation is 1. The van der Waals surface area contributed by atoms with Crippen molar-refractivity contribution >= 4 is 11.6 Å². The van der Waals surface area contributed by atoms with Gasteiger partial charge in [0.05, 0.1) is 6.61 Å². The van der Waals surface area contributed by atoms with Crippen molar-refractivity contribution in [2.75, 3.05) is 19.8 Å². The number of alkyl halides is 3. The quantitative estimate of drug-likeness (QED) is 0.808. The zero-order valence-electron chi connectivity index (χ0n) is 9.98. The molecule has 6 heteroatoms. The topological polar surface area (TPSA) is 21.3 Å². The van der Waals surface area contributed by atoms with Gasteiger partial charge in [0.15, 0.2) is 0 Å². The van der Waals surface area contributed by atoms with Crippen LogP contribution < -0.4 is 5.32 Å². The Morgan fingerprint density at radius 3 is 2.67 bits per heavy atom. The molecule has 0 radical (unpaired) electrons. The number of rotatable bonds is 6. The Kier molecular flexibility index (Phi) is 5.91. The molecule has 0 saturated heterocycles. The fourth-order valence-electron chi connectivity index (χ4n) is 1.35. The highest BCUT2D eigenvalue weighted by atomic mass is 35.5. The van der Waals surface area contributed by atoms with E-state index in [2.05, 4.69) is 10.1 Å². The summed E-state index contributed by atoms with van der Waals surface area (Å²) in [4.78, 5) is 0. The van der Waals surface area contributed by atoms with E-state index in [1.54, 1.807) is 0 Å². The average Bonchev–Trinajstić information content (AvgIpc) is 2.24. The highest BCUT2D eigenvalue weighted by Gasteiger charge is 2.27. The Labute approximate surface area is 109 Å². The van der Waals surface area contributed by atoms with E-state index in [1.165, 1.54) is 0 Å². The molecule has 0 unspecified atom stereocenters. The second-order valence-electron chi connectivity index (χ2n) is 3.94. The first-order valence-electron chi connectivity index (χ1n) is 5.49. The average molecular weight is 282 g/mol. The molecule has 2 nitrogen and oxygen atoms in total. The Bertz CT molecular complexity index is 382. The second-order valence-corrected chi connectivity index (χ2v) is 4.35. The molecule has 1 rings (SSSR count). The van der Waals surface area contributed by atoms with Gasteiger partial charge in [0.25, 0.3) is 0 Å². The van der Waals surface area contributed by atoms with Gasteiger partial charge in [0.1, 0.15) is 6.61 Å². The van der Waals surface area contributed by atoms with Gasteiger partial charge in [-0.05, 0) is 24.1 Å². The fraction of sp³-hybridized carbons (Fsp3) is 0.500. The SMILES string of the molecule is Cc1ccc(CNCCOCC(F)(F)F)c(Cl)c1. The number of ether oxygens (including phenoxy) is 1. The molecule has 1 aromatic carbocycles. The van der Waals surface area contributed by atoms with Gasteiger partial charge in [0, 0.05) is 18.1 Å². The van der Waals surface area contributed by atoms with Crippen LogP contribution in [0.5, 0.6) is 0 Å². The summed E-state index contributed by atoms with van der Waals surface area (Å²) in [6, 6.07) is 5.67. The van der Waals surface area contributed by atoms with Gasteiger partial charge in [-0.3, -0.25) is 0 Å². The first-order valence-corrected chi connectivity index (χ1v) is 5.86. The van der Waals surface area contributed by atoms with Gasteiger partial charge in [-0.25, -0.2) is 0 Å². The molecule has 0 amide bonds. The molecule has 0 aliphatic rings. The zero-order valence-corrected chi connectivity index (χ0v) is 10.7. The van der Waals surface area contributed by atoms with E-state index in [1.807, 2.05) is 25.1 Å². The molecule has 0 heterocycles. The van der Waals surface area contributed by atoms with Crippen LogP contribution in [0, 0.1) is 6.92 Å². The summed E-state index contributed by atoms with van der Waals surface area (Å²) in [6.07, 6.45) is -4.26. The van der Waals surface area contributed by atoms with E-state index in [9.17, 15) is 13.2 Å². The minimum absolute atomic E-state index is 0.0169. The van der Waals surface area contributed by atoms with Gasteiger partial charge in [-0.1, -0.05) is 23.7 Å². The van der Waals surface area contributed by atoms with Crippen LogP contribution in [-0.4, -0.2) is 25.9 Å². The summed E-state index contributed by atoms with van der Waals surface area (Å²) < 4.78 is 39.7. The molecule has 0 aliphatic carbocycles. The highest BCUT2D eigenvalue weighted by Crippen LogP contribution is 2.17. The molecule has 0 aromatic heterocycles. The van der Waals surface area contributed by atoms with Crippen LogP contribution in [0.4, 0.5) is 13.2 Å². The molecule has 0 bridgehead atoms. The van der Waals surface area contributed by atoms with Crippen LogP contribution in [0.3, 0.4) is 0 Å². The van der Waals surface area contributed by atoms with Gasteiger partial charge in [0.2, 0.25) is 0 Å². The lowest BCUT2D eigenvalue weighted by molar-refractivity contribution is -0.173. The lowest BCUT2D eigenvalue weighted by atomic mass is 10.1. The van der Waals surface area contributed by atoms with Crippen molar-refractivity contribution in [2.24, 2.45) is 0 Å². The minimum Gasteiger partial charge on any atom is -0.371 e. The van der Waals surface area contributed by atoms with Crippen molar-refractivity contribution < 1.29 is 17.9 Å². The van der Waals surface area contributed by atoms with Gasteiger partial charge in [-0.15, -0.1) is 0 Å². The summed E-state index contributed by atoms with van der Waals surface area (Å²) >= 11 is 6.01. The van der Waals surface area contributed by atoms with Gasteiger partial charge < -0.3 is 10.1 Å². The fourth-order valence-corrected chi connectivity index (χ4v) is 1.65. The monoisotopic (exact) mass is 281 g/mol. The van der Waals surface area contributed by atoms with Crippen LogP contribution in [0.15, 0.2) is 18.2 Å². The number of halogens is 4. The lowest BCUT2D eigenvalue weighted by Gasteiger charge is -2.09. The Balaban J connectivity index is 2.18. The van der Waals surface area contributed by atoms with Crippen molar-refractivity contribution in [1.29, 1.82) is 0 Å². The Hall–Kier alpha value is -0.780. The Morgan fingerprint density at radius 1 is 1.33 bits per heavy atom. The molecule has 1 aromatic rings. The maximum absolute atomic E-state index is 11.8. The maximum atomic E-state index is 11.8. The largest absolute Gasteiger partial charge is 0.411 e. The number of hydrogen-bond acceptors (Lipinski definition) is 2. The summed E-state index contributed by atoms with van der Waals surface area (Å²) in [7, 11) is 0. The predicted molar refractivity (Wildman–Crippen MR) is 64.8 cm³/mol. The number of benzene rings is 1. The second kappa shape index (κ2) is 6.97. The summed E-state index contributed by atoms with van der Waals surface area (Å²) in [5.74, 6) is 0. The Morgan fingerprint density at radius 2 is 2.06 bits per heavy atom. The van der Waals surface area contributed by atoms with Crippen molar-refractivity contribution in [1.82, 2.24) is 5.32 Å². The summed E-state index contributed by atoms with van der Waals surface area (Å²) in [5.41, 5.74) is 1.98. The molecule has 0 saturated carbocycles. The third kappa shape index (κ3) is 6.23. The van der Waals surface area contributed by atoms with E-state index in [-0.39, 0.29) is 6.61 Å². The zero-order chi connectivity index (χ0) is 13.6. The minimum atomic E-state index is -4.26. The van der Waals surface area contributed by atoms with Crippen LogP contribution in [0.2, 0.25) is 5.02 Å². The molecule has 0 aliphatic heterocycles. The third-order valence-corrected chi connectivity index (χ3v) is 2.56. The van der Waals surface area contributed by atoms with E-state index < -0.39 is 12.8 Å². The van der Waals surface area contributed by atoms with Crippen molar-refractivity contribution in [3.63, 3.8) is 0 Å². The molecular weight excluding hydrogens is 267 g/mol. The van der Waals surface area contributed by atoms with Crippen LogP contribution in [0.25, 0.3) is 0 Å². The molecule has 1 N–H and O–H groups in total. The number of nitrogens with one attached hydrogen (secondary N) is 1. The normalized spacial score (nSPS) is 11.8. The standard InChI is InChI=1S/C12H15ClF3NO/c1-9-2-3-10(11(13)6-9)7-17-4-5-18-8-12(14,15)16/h2-3,6,17H,4-5,7-8H2,1H3. The van der Waals surface area contributed by atoms with Crippen molar-refractivity contribution in [3.05, 3.63) is 34.3 Å². The molecule has 0 spiro atoms. The van der Waals surface area contributed by atoms with E-state index in [0.717, 1.165) is 11.1 Å². The predicted octanol–water partition coefficient (Wildman–Crippen LogP) is 3.32. The highest BCUT2D eigenvalue weighted by molar-refractivity contribution is 6.31. The molecule has 0 atom stereocenters.